The van der Waals surface area contributed by atoms with Crippen LogP contribution in [0.25, 0.3) is 0 Å². The van der Waals surface area contributed by atoms with Gasteiger partial charge in [-0.15, -0.1) is 0 Å². The molecule has 2 aliphatic rings. The number of piperidine rings is 1. The molecule has 3 heterocycles. The van der Waals surface area contributed by atoms with Gasteiger partial charge in [0.05, 0.1) is 17.3 Å². The van der Waals surface area contributed by atoms with Crippen molar-refractivity contribution in [3.05, 3.63) is 17.8 Å². The number of oxazole rings is 1. The number of carbonyl (C=O) groups is 2. The lowest BCUT2D eigenvalue weighted by molar-refractivity contribution is -0.123. The highest BCUT2D eigenvalue weighted by Gasteiger charge is 2.45. The molecule has 2 aliphatic heterocycles. The first-order valence-electron chi connectivity index (χ1n) is 7.53. The molecule has 1 aromatic heterocycles. The molecule has 21 heavy (non-hydrogen) atoms. The predicted octanol–water partition coefficient (Wildman–Crippen LogP) is 1.65. The average Bonchev–Trinajstić information content (AvgIpc) is 2.78. The second-order valence-electron chi connectivity index (χ2n) is 6.24. The number of likely N-dealkylation sites (tertiary alicyclic amines) is 1. The number of amides is 2. The molecule has 114 valence electrons. The second-order valence-corrected chi connectivity index (χ2v) is 6.24. The topological polar surface area (TPSA) is 75.4 Å². The van der Waals surface area contributed by atoms with E-state index in [4.69, 9.17) is 4.42 Å². The Kier molecular flexibility index (Phi) is 3.47. The van der Waals surface area contributed by atoms with Crippen LogP contribution in [0, 0.1) is 6.92 Å². The van der Waals surface area contributed by atoms with Crippen molar-refractivity contribution in [2.24, 2.45) is 0 Å². The highest BCUT2D eigenvalue weighted by molar-refractivity contribution is 5.93. The van der Waals surface area contributed by atoms with E-state index >= 15 is 0 Å². The first-order chi connectivity index (χ1) is 10.0. The van der Waals surface area contributed by atoms with Crippen LogP contribution in [-0.4, -0.2) is 39.8 Å². The Morgan fingerprint density at radius 3 is 3.05 bits per heavy atom. The zero-order valence-corrected chi connectivity index (χ0v) is 12.5. The lowest BCUT2D eigenvalue weighted by Gasteiger charge is -2.47. The number of nitrogens with zero attached hydrogens (tertiary/aromatic N) is 2. The summed E-state index contributed by atoms with van der Waals surface area (Å²) >= 11 is 0. The van der Waals surface area contributed by atoms with E-state index in [1.54, 1.807) is 6.92 Å². The Morgan fingerprint density at radius 1 is 1.52 bits per heavy atom. The normalized spacial score (nSPS) is 29.5. The highest BCUT2D eigenvalue weighted by Crippen LogP contribution is 2.34. The van der Waals surface area contributed by atoms with E-state index in [0.717, 1.165) is 25.7 Å². The number of fused-ring (bicyclic) bond motifs is 1. The van der Waals surface area contributed by atoms with E-state index in [2.05, 4.69) is 10.3 Å². The summed E-state index contributed by atoms with van der Waals surface area (Å²) in [5, 5.41) is 3.12. The first kappa shape index (κ1) is 14.1. The smallest absolute Gasteiger partial charge is 0.291 e. The molecule has 0 bridgehead atoms. The van der Waals surface area contributed by atoms with Crippen LogP contribution >= 0.6 is 0 Å². The largest absolute Gasteiger partial charge is 0.438 e. The molecule has 6 heteroatoms. The number of aryl methyl sites for hydroxylation is 1. The Hall–Kier alpha value is -1.85. The second kappa shape index (κ2) is 5.16. The van der Waals surface area contributed by atoms with Gasteiger partial charge in [0, 0.05) is 13.0 Å². The number of hydrogen-bond donors (Lipinski definition) is 1. The van der Waals surface area contributed by atoms with Crippen LogP contribution in [0.1, 0.15) is 55.3 Å². The van der Waals surface area contributed by atoms with Gasteiger partial charge >= 0.3 is 0 Å². The maximum atomic E-state index is 12.8. The summed E-state index contributed by atoms with van der Waals surface area (Å²) in [4.78, 5) is 30.5. The molecule has 2 amide bonds. The molecule has 0 radical (unpaired) electrons. The lowest BCUT2D eigenvalue weighted by atomic mass is 9.81. The summed E-state index contributed by atoms with van der Waals surface area (Å²) in [6, 6.07) is 0.0229. The molecule has 1 N–H and O–H groups in total. The van der Waals surface area contributed by atoms with Gasteiger partial charge in [-0.1, -0.05) is 0 Å². The molecule has 3 rings (SSSR count). The zero-order valence-electron chi connectivity index (χ0n) is 12.5. The van der Waals surface area contributed by atoms with Gasteiger partial charge in [0.25, 0.3) is 5.91 Å². The number of aromatic nitrogens is 1. The summed E-state index contributed by atoms with van der Waals surface area (Å²) in [7, 11) is 0. The third-order valence-electron chi connectivity index (χ3n) is 4.71. The van der Waals surface area contributed by atoms with E-state index in [1.807, 2.05) is 11.8 Å². The van der Waals surface area contributed by atoms with Crippen LogP contribution in [0.15, 0.2) is 10.8 Å². The molecule has 0 unspecified atom stereocenters. The fourth-order valence-electron chi connectivity index (χ4n) is 3.62. The SMILES string of the molecule is Cc1ncoc1C(=O)N1CCC[C@]2(C)NC(=O)CCC[C@H]12. The van der Waals surface area contributed by atoms with Gasteiger partial charge in [-0.3, -0.25) is 9.59 Å². The van der Waals surface area contributed by atoms with Gasteiger partial charge in [-0.05, 0) is 39.5 Å². The molecule has 0 saturated carbocycles. The minimum atomic E-state index is -0.338. The number of carbonyl (C=O) groups excluding carboxylic acids is 2. The first-order valence-corrected chi connectivity index (χ1v) is 7.53. The molecular weight excluding hydrogens is 270 g/mol. The molecule has 0 aromatic carbocycles. The van der Waals surface area contributed by atoms with Crippen molar-refractivity contribution in [1.29, 1.82) is 0 Å². The Balaban J connectivity index is 1.90. The molecule has 0 aliphatic carbocycles. The van der Waals surface area contributed by atoms with Gasteiger partial charge in [0.1, 0.15) is 0 Å². The average molecular weight is 291 g/mol. The fourth-order valence-corrected chi connectivity index (χ4v) is 3.62. The maximum Gasteiger partial charge on any atom is 0.291 e. The van der Waals surface area contributed by atoms with E-state index in [1.165, 1.54) is 6.39 Å². The van der Waals surface area contributed by atoms with E-state index < -0.39 is 0 Å². The van der Waals surface area contributed by atoms with Crippen molar-refractivity contribution >= 4 is 11.8 Å². The fraction of sp³-hybridized carbons (Fsp3) is 0.667. The van der Waals surface area contributed by atoms with E-state index in [0.29, 0.717) is 24.4 Å². The monoisotopic (exact) mass is 291 g/mol. The van der Waals surface area contributed by atoms with Crippen LogP contribution in [0.4, 0.5) is 0 Å². The van der Waals surface area contributed by atoms with Crippen molar-refractivity contribution in [1.82, 2.24) is 15.2 Å². The molecule has 2 saturated heterocycles. The Morgan fingerprint density at radius 2 is 2.33 bits per heavy atom. The molecular formula is C15H21N3O3. The molecule has 0 spiro atoms. The van der Waals surface area contributed by atoms with Crippen molar-refractivity contribution in [2.45, 2.75) is 57.5 Å². The zero-order chi connectivity index (χ0) is 15.0. The van der Waals surface area contributed by atoms with Crippen molar-refractivity contribution in [2.75, 3.05) is 6.54 Å². The third kappa shape index (κ3) is 2.43. The van der Waals surface area contributed by atoms with Crippen LogP contribution in [0.2, 0.25) is 0 Å². The van der Waals surface area contributed by atoms with Gasteiger partial charge in [0.2, 0.25) is 11.7 Å². The minimum Gasteiger partial charge on any atom is -0.438 e. The Bertz CT molecular complexity index is 568. The van der Waals surface area contributed by atoms with Crippen LogP contribution in [0.3, 0.4) is 0 Å². The van der Waals surface area contributed by atoms with Gasteiger partial charge in [-0.2, -0.15) is 0 Å². The van der Waals surface area contributed by atoms with Crippen molar-refractivity contribution in [3.8, 4) is 0 Å². The van der Waals surface area contributed by atoms with Gasteiger partial charge in [0.15, 0.2) is 6.39 Å². The summed E-state index contributed by atoms with van der Waals surface area (Å²) in [6.07, 6.45) is 5.28. The summed E-state index contributed by atoms with van der Waals surface area (Å²) in [5.74, 6) is 0.289. The van der Waals surface area contributed by atoms with Crippen molar-refractivity contribution < 1.29 is 14.0 Å². The molecule has 2 atom stereocenters. The van der Waals surface area contributed by atoms with E-state index in [9.17, 15) is 9.59 Å². The highest BCUT2D eigenvalue weighted by atomic mass is 16.3. The standard InChI is InChI=1S/C15H21N3O3/c1-10-13(21-9-16-10)14(20)18-8-4-7-15(2)11(18)5-3-6-12(19)17-15/h9,11H,3-8H2,1-2H3,(H,17,19)/t11-,15-/m0/s1. The minimum absolute atomic E-state index is 0.0229. The number of hydrogen-bond acceptors (Lipinski definition) is 4. The molecule has 2 fully saturated rings. The maximum absolute atomic E-state index is 12.8. The van der Waals surface area contributed by atoms with Gasteiger partial charge < -0.3 is 14.6 Å². The summed E-state index contributed by atoms with van der Waals surface area (Å²) in [5.41, 5.74) is 0.278. The molecule has 6 nitrogen and oxygen atoms in total. The quantitative estimate of drug-likeness (QED) is 0.853. The predicted molar refractivity (Wildman–Crippen MR) is 75.7 cm³/mol. The number of nitrogens with one attached hydrogen (secondary N) is 1. The van der Waals surface area contributed by atoms with Crippen molar-refractivity contribution in [3.63, 3.8) is 0 Å². The van der Waals surface area contributed by atoms with E-state index in [-0.39, 0.29) is 23.4 Å². The van der Waals surface area contributed by atoms with Crippen LogP contribution in [-0.2, 0) is 4.79 Å². The number of rotatable bonds is 1. The molecule has 1 aromatic rings. The van der Waals surface area contributed by atoms with Crippen LogP contribution < -0.4 is 5.32 Å². The Labute approximate surface area is 123 Å². The van der Waals surface area contributed by atoms with Crippen LogP contribution in [0.5, 0.6) is 0 Å². The lowest BCUT2D eigenvalue weighted by Crippen LogP contribution is -2.63. The van der Waals surface area contributed by atoms with Gasteiger partial charge in [-0.25, -0.2) is 4.98 Å². The third-order valence-corrected chi connectivity index (χ3v) is 4.71. The summed E-state index contributed by atoms with van der Waals surface area (Å²) < 4.78 is 5.25. The summed E-state index contributed by atoms with van der Waals surface area (Å²) in [6.45, 7) is 4.53.